The number of nitrogens with one attached hydrogen (secondary N) is 8. The number of aromatic nitrogens is 2. The molecular formula is C48H67FN10O10S. The number of amides is 6. The Labute approximate surface area is 412 Å². The topological polar surface area (TPSA) is 254 Å². The van der Waals surface area contributed by atoms with Gasteiger partial charge in [-0.15, -0.1) is 0 Å². The van der Waals surface area contributed by atoms with Gasteiger partial charge in [-0.05, 0) is 86.7 Å². The smallest absolute Gasteiger partial charge is 0.315 e. The molecule has 1 aromatic heterocycles. The molecule has 2 aliphatic heterocycles. The van der Waals surface area contributed by atoms with Crippen LogP contribution in [0.4, 0.5) is 38.0 Å². The van der Waals surface area contributed by atoms with E-state index in [-0.39, 0.29) is 66.4 Å². The quantitative estimate of drug-likeness (QED) is 0.0223. The molecule has 8 N–H and O–H groups in total. The molecule has 3 aromatic rings. The van der Waals surface area contributed by atoms with E-state index in [0.29, 0.717) is 126 Å². The number of hydrogen-bond donors (Lipinski definition) is 8. The summed E-state index contributed by atoms with van der Waals surface area (Å²) in [5.74, 6) is 0.523. The first-order valence-corrected chi connectivity index (χ1v) is 24.8. The molecule has 22 heteroatoms. The molecule has 382 valence electrons. The number of unbranched alkanes of at least 4 members (excludes halogenated alkanes) is 1. The first kappa shape index (κ1) is 54.9. The molecule has 0 saturated carbocycles. The highest BCUT2D eigenvalue weighted by Crippen LogP contribution is 2.33. The van der Waals surface area contributed by atoms with Crippen molar-refractivity contribution in [2.24, 2.45) is 0 Å². The highest BCUT2D eigenvalue weighted by molar-refractivity contribution is 8.00. The molecule has 2 aliphatic rings. The summed E-state index contributed by atoms with van der Waals surface area (Å²) in [4.78, 5) is 67.7. The molecule has 0 aliphatic carbocycles. The first-order chi connectivity index (χ1) is 34.1. The number of rotatable bonds is 36. The first-order valence-electron chi connectivity index (χ1n) is 23.8. The molecule has 6 amide bonds. The Hall–Kier alpha value is -6.07. The van der Waals surface area contributed by atoms with E-state index in [1.807, 2.05) is 11.8 Å². The summed E-state index contributed by atoms with van der Waals surface area (Å²) in [5, 5.41) is 23.5. The predicted molar refractivity (Wildman–Crippen MR) is 265 cm³/mol. The number of carbonyl (C=O) groups excluding carboxylic acids is 5. The zero-order chi connectivity index (χ0) is 49.6. The fourth-order valence-corrected chi connectivity index (χ4v) is 8.67. The van der Waals surface area contributed by atoms with Gasteiger partial charge in [0.2, 0.25) is 29.6 Å². The molecule has 70 heavy (non-hydrogen) atoms. The summed E-state index contributed by atoms with van der Waals surface area (Å²) in [6.45, 7) is 8.56. The average molecular weight is 995 g/mol. The van der Waals surface area contributed by atoms with Crippen LogP contribution in [0.3, 0.4) is 0 Å². The van der Waals surface area contributed by atoms with E-state index in [2.05, 4.69) is 59.1 Å². The van der Waals surface area contributed by atoms with Crippen LogP contribution in [0.25, 0.3) is 0 Å². The van der Waals surface area contributed by atoms with E-state index in [1.54, 1.807) is 48.5 Å². The van der Waals surface area contributed by atoms with Crippen molar-refractivity contribution >= 4 is 70.3 Å². The zero-order valence-electron chi connectivity index (χ0n) is 39.5. The lowest BCUT2D eigenvalue weighted by molar-refractivity contribution is -0.123. The number of benzene rings is 2. The van der Waals surface area contributed by atoms with Crippen LogP contribution in [0.15, 0.2) is 67.4 Å². The third-order valence-electron chi connectivity index (χ3n) is 10.7. The lowest BCUT2D eigenvalue weighted by Gasteiger charge is -2.16. The lowest BCUT2D eigenvalue weighted by atomic mass is 10.0. The summed E-state index contributed by atoms with van der Waals surface area (Å²) >= 11 is 1.89. The van der Waals surface area contributed by atoms with E-state index in [0.717, 1.165) is 37.6 Å². The number of fused-ring (bicyclic) bond motifs is 1. The molecule has 5 rings (SSSR count). The maximum atomic E-state index is 14.5. The van der Waals surface area contributed by atoms with Crippen LogP contribution in [0.1, 0.15) is 57.8 Å². The number of carbonyl (C=O) groups is 5. The number of hydrogen-bond acceptors (Lipinski definition) is 15. The van der Waals surface area contributed by atoms with Crippen molar-refractivity contribution < 1.29 is 52.0 Å². The summed E-state index contributed by atoms with van der Waals surface area (Å²) in [6.07, 6.45) is 7.85. The Kier molecular flexibility index (Phi) is 25.0. The molecule has 2 aromatic carbocycles. The van der Waals surface area contributed by atoms with Gasteiger partial charge in [-0.2, -0.15) is 16.7 Å². The zero-order valence-corrected chi connectivity index (χ0v) is 40.3. The maximum Gasteiger partial charge on any atom is 0.315 e. The Balaban J connectivity index is 0.748. The summed E-state index contributed by atoms with van der Waals surface area (Å²) in [7, 11) is 0. The molecule has 3 heterocycles. The highest BCUT2D eigenvalue weighted by atomic mass is 32.2. The number of anilines is 5. The van der Waals surface area contributed by atoms with Crippen LogP contribution in [0, 0.1) is 5.82 Å². The maximum absolute atomic E-state index is 14.5. The van der Waals surface area contributed by atoms with Crippen molar-refractivity contribution in [3.63, 3.8) is 0 Å². The van der Waals surface area contributed by atoms with E-state index in [4.69, 9.17) is 23.7 Å². The monoisotopic (exact) mass is 994 g/mol. The molecular weight excluding hydrogens is 928 g/mol. The number of urea groups is 1. The second-order valence-corrected chi connectivity index (χ2v) is 17.5. The third-order valence-corrected chi connectivity index (χ3v) is 12.2. The van der Waals surface area contributed by atoms with Crippen LogP contribution in [0.5, 0.6) is 5.75 Å². The van der Waals surface area contributed by atoms with Crippen LogP contribution in [-0.4, -0.2) is 142 Å². The second-order valence-electron chi connectivity index (χ2n) is 16.2. The minimum Gasteiger partial charge on any atom is -0.491 e. The van der Waals surface area contributed by atoms with Crippen molar-refractivity contribution in [2.45, 2.75) is 75.1 Å². The number of halogens is 1. The Bertz CT molecular complexity index is 2090. The van der Waals surface area contributed by atoms with Crippen molar-refractivity contribution in [2.75, 3.05) is 101 Å². The van der Waals surface area contributed by atoms with Crippen molar-refractivity contribution in [3.8, 4) is 5.75 Å². The van der Waals surface area contributed by atoms with Crippen molar-refractivity contribution in [1.82, 2.24) is 36.6 Å². The van der Waals surface area contributed by atoms with Crippen molar-refractivity contribution in [1.29, 1.82) is 0 Å². The van der Waals surface area contributed by atoms with Crippen LogP contribution >= 0.6 is 11.8 Å². The molecule has 0 unspecified atom stereocenters. The van der Waals surface area contributed by atoms with Gasteiger partial charge >= 0.3 is 6.03 Å². The van der Waals surface area contributed by atoms with Gasteiger partial charge in [-0.1, -0.05) is 13.0 Å². The number of nitrogens with zero attached hydrogens (tertiary/aromatic N) is 2. The fourth-order valence-electron chi connectivity index (χ4n) is 7.12. The number of thioether (sulfide) groups is 1. The molecule has 0 spiro atoms. The molecule has 0 bridgehead atoms. The molecule has 20 nitrogen and oxygen atoms in total. The number of ether oxygens (including phenoxy) is 5. The summed E-state index contributed by atoms with van der Waals surface area (Å²) in [5.41, 5.74) is 1.78. The predicted octanol–water partition coefficient (Wildman–Crippen LogP) is 4.70. The fraction of sp³-hybridized carbons (Fsp3) is 0.521. The van der Waals surface area contributed by atoms with Gasteiger partial charge in [0.25, 0.3) is 0 Å². The minimum absolute atomic E-state index is 0.0290. The van der Waals surface area contributed by atoms with Crippen LogP contribution in [0.2, 0.25) is 0 Å². The van der Waals surface area contributed by atoms with E-state index in [1.165, 1.54) is 6.08 Å². The van der Waals surface area contributed by atoms with Crippen LogP contribution in [-0.2, 0) is 38.1 Å². The van der Waals surface area contributed by atoms with Gasteiger partial charge in [-0.25, -0.2) is 14.2 Å². The van der Waals surface area contributed by atoms with Gasteiger partial charge in [-0.3, -0.25) is 19.2 Å². The normalized spacial score (nSPS) is 15.8. The molecule has 2 fully saturated rings. The molecule has 0 radical (unpaired) electrons. The Morgan fingerprint density at radius 1 is 0.686 bits per heavy atom. The Morgan fingerprint density at radius 3 is 1.93 bits per heavy atom. The SMILES string of the molecule is C=CC(=O)Nc1ccc(Nc2nc(Nc3ccc(OCCOCCNC(=O)CCCC(=O)NCCCOCCOCCOCCCNC(=O)CCCC[C@@H]4SC[C@@H]5NC(=O)N[C@@H]54)cc3)ncc2F)cc1. The van der Waals surface area contributed by atoms with Gasteiger partial charge in [0.1, 0.15) is 12.4 Å². The van der Waals surface area contributed by atoms with E-state index < -0.39 is 5.82 Å². The van der Waals surface area contributed by atoms with Crippen molar-refractivity contribution in [3.05, 3.63) is 73.2 Å². The van der Waals surface area contributed by atoms with E-state index in [9.17, 15) is 28.4 Å². The Morgan fingerprint density at radius 2 is 1.26 bits per heavy atom. The second kappa shape index (κ2) is 31.9. The lowest BCUT2D eigenvalue weighted by Crippen LogP contribution is -2.36. The third kappa shape index (κ3) is 21.7. The van der Waals surface area contributed by atoms with Gasteiger partial charge in [0.05, 0.1) is 57.9 Å². The van der Waals surface area contributed by atoms with Crippen LogP contribution < -0.4 is 47.3 Å². The largest absolute Gasteiger partial charge is 0.491 e. The highest BCUT2D eigenvalue weighted by Gasteiger charge is 2.42. The standard InChI is InChI=1S/C48H67FN10O10S/c1-2-41(60)54-34-12-14-35(15-13-34)55-46-38(49)32-53-47(59-46)56-36-16-18-37(19-17-36)69-31-30-67-25-22-52-44(63)11-5-10-43(62)51-21-7-24-66-27-29-68-28-26-65-23-6-20-50-42(61)9-4-3-8-40-45-39(33-70-40)57-48(64)58-45/h2,12-19,32,39-40,45H,1,3-11,20-31,33H2,(H,50,61)(H,51,62)(H,52,63)(H,54,60)(H2,57,58,64)(H2,53,55,56,59)/t39-,40-,45-/m0/s1. The van der Waals surface area contributed by atoms with Gasteiger partial charge in [0.15, 0.2) is 11.6 Å². The molecule has 3 atom stereocenters. The summed E-state index contributed by atoms with van der Waals surface area (Å²) < 4.78 is 42.4. The average Bonchev–Trinajstić information content (AvgIpc) is 3.92. The van der Waals surface area contributed by atoms with E-state index >= 15 is 0 Å². The van der Waals surface area contributed by atoms with Gasteiger partial charge in [0, 0.05) is 80.2 Å². The minimum atomic E-state index is -0.640. The van der Waals surface area contributed by atoms with Gasteiger partial charge < -0.3 is 66.2 Å². The molecule has 2 saturated heterocycles. The summed E-state index contributed by atoms with van der Waals surface area (Å²) in [6, 6.07) is 14.1.